The number of halogens is 1. The quantitative estimate of drug-likeness (QED) is 0.427. The molecule has 1 aliphatic carbocycles. The average Bonchev–Trinajstić information content (AvgIpc) is 3.43. The second-order valence-corrected chi connectivity index (χ2v) is 9.83. The van der Waals surface area contributed by atoms with Crippen LogP contribution in [-0.2, 0) is 6.54 Å². The van der Waals surface area contributed by atoms with Crippen molar-refractivity contribution in [2.45, 2.75) is 25.3 Å². The first-order chi connectivity index (χ1) is 16.2. The predicted octanol–water partition coefficient (Wildman–Crippen LogP) is 4.34. The summed E-state index contributed by atoms with van der Waals surface area (Å²) in [6.07, 6.45) is 6.47. The van der Waals surface area contributed by atoms with Crippen molar-refractivity contribution in [3.05, 3.63) is 69.7 Å². The van der Waals surface area contributed by atoms with E-state index in [9.17, 15) is 4.79 Å². The maximum atomic E-state index is 12.7. The topological polar surface area (TPSA) is 66.6 Å². The third-order valence-corrected chi connectivity index (χ3v) is 7.26. The largest absolute Gasteiger partial charge is 0.335 e. The number of fused-ring (bicyclic) bond motifs is 1. The normalized spacial score (nSPS) is 17.1. The Morgan fingerprint density at radius 2 is 1.88 bits per heavy atom. The van der Waals surface area contributed by atoms with Gasteiger partial charge in [0.05, 0.1) is 28.8 Å². The van der Waals surface area contributed by atoms with Crippen LogP contribution < -0.4 is 0 Å². The summed E-state index contributed by atoms with van der Waals surface area (Å²) in [5, 5.41) is 2.53. The Bertz CT molecular complexity index is 1290. The van der Waals surface area contributed by atoms with Crippen LogP contribution in [0, 0.1) is 0 Å². The minimum absolute atomic E-state index is 0.0210. The van der Waals surface area contributed by atoms with Gasteiger partial charge >= 0.3 is 0 Å². The van der Waals surface area contributed by atoms with Gasteiger partial charge in [0.15, 0.2) is 5.65 Å². The summed E-state index contributed by atoms with van der Waals surface area (Å²) < 4.78 is 2.21. The second kappa shape index (κ2) is 8.52. The Hall–Kier alpha value is -2.81. The summed E-state index contributed by atoms with van der Waals surface area (Å²) in [6.45, 7) is 3.76. The maximum absolute atomic E-state index is 12.7. The van der Waals surface area contributed by atoms with Crippen LogP contribution in [-0.4, -0.2) is 61.2 Å². The first-order valence-electron chi connectivity index (χ1n) is 11.2. The van der Waals surface area contributed by atoms with E-state index in [1.54, 1.807) is 5.51 Å². The Balaban J connectivity index is 1.28. The molecule has 0 unspecified atom stereocenters. The van der Waals surface area contributed by atoms with Crippen molar-refractivity contribution in [2.24, 2.45) is 0 Å². The van der Waals surface area contributed by atoms with Crippen molar-refractivity contribution >= 4 is 34.5 Å². The zero-order valence-electron chi connectivity index (χ0n) is 18.0. The smallest absolute Gasteiger partial charge is 0.273 e. The van der Waals surface area contributed by atoms with Gasteiger partial charge in [0.2, 0.25) is 0 Å². The molecular formula is C24H23ClN6OS. The molecule has 2 aliphatic rings. The average molecular weight is 479 g/mol. The number of thiazole rings is 1. The lowest BCUT2D eigenvalue weighted by Gasteiger charge is -2.34. The van der Waals surface area contributed by atoms with E-state index in [1.165, 1.54) is 24.2 Å². The van der Waals surface area contributed by atoms with Gasteiger partial charge in [-0.2, -0.15) is 0 Å². The van der Waals surface area contributed by atoms with E-state index in [0.717, 1.165) is 47.9 Å². The van der Waals surface area contributed by atoms with Gasteiger partial charge in [-0.3, -0.25) is 19.1 Å². The zero-order valence-corrected chi connectivity index (χ0v) is 19.6. The molecule has 0 spiro atoms. The number of imidazole rings is 1. The van der Waals surface area contributed by atoms with Crippen molar-refractivity contribution < 1.29 is 4.79 Å². The van der Waals surface area contributed by atoms with E-state index in [-0.39, 0.29) is 5.91 Å². The highest BCUT2D eigenvalue weighted by molar-refractivity contribution is 7.07. The molecule has 6 rings (SSSR count). The van der Waals surface area contributed by atoms with Crippen LogP contribution in [0.5, 0.6) is 0 Å². The summed E-state index contributed by atoms with van der Waals surface area (Å²) >= 11 is 7.58. The molecule has 3 aromatic heterocycles. The molecule has 1 saturated heterocycles. The molecular weight excluding hydrogens is 456 g/mol. The molecule has 0 bridgehead atoms. The van der Waals surface area contributed by atoms with Gasteiger partial charge in [-0.25, -0.2) is 9.97 Å². The summed E-state index contributed by atoms with van der Waals surface area (Å²) in [6, 6.07) is 7.85. The Morgan fingerprint density at radius 1 is 1.09 bits per heavy atom. The lowest BCUT2D eigenvalue weighted by Crippen LogP contribution is -2.48. The third-order valence-electron chi connectivity index (χ3n) is 6.43. The first-order valence-corrected chi connectivity index (χ1v) is 12.5. The fourth-order valence-corrected chi connectivity index (χ4v) is 5.05. The van der Waals surface area contributed by atoms with Gasteiger partial charge in [-0.15, -0.1) is 11.3 Å². The fraction of sp³-hybridized carbons (Fsp3) is 0.333. The second-order valence-electron chi connectivity index (χ2n) is 8.67. The number of aromatic nitrogens is 4. The fourth-order valence-electron chi connectivity index (χ4n) is 4.40. The monoisotopic (exact) mass is 478 g/mol. The molecule has 1 aromatic carbocycles. The lowest BCUT2D eigenvalue weighted by atomic mass is 10.1. The van der Waals surface area contributed by atoms with E-state index in [0.29, 0.717) is 29.7 Å². The highest BCUT2D eigenvalue weighted by atomic mass is 35.5. The molecule has 33 heavy (non-hydrogen) atoms. The SMILES string of the molecule is O=C(c1cscn1)N1CCN(Cc2c(-c3ccc(Cl)cc3)nc3cnc(C4CC4)cn23)CC1. The molecule has 1 amide bonds. The van der Waals surface area contributed by atoms with Gasteiger partial charge in [0.25, 0.3) is 5.91 Å². The Labute approximate surface area is 200 Å². The molecule has 1 saturated carbocycles. The van der Waals surface area contributed by atoms with Crippen LogP contribution in [0.1, 0.15) is 40.6 Å². The highest BCUT2D eigenvalue weighted by Gasteiger charge is 2.28. The molecule has 168 valence electrons. The van der Waals surface area contributed by atoms with Crippen LogP contribution >= 0.6 is 22.9 Å². The predicted molar refractivity (Wildman–Crippen MR) is 129 cm³/mol. The number of piperazine rings is 1. The molecule has 7 nitrogen and oxygen atoms in total. The van der Waals surface area contributed by atoms with Crippen LogP contribution in [0.3, 0.4) is 0 Å². The van der Waals surface area contributed by atoms with Gasteiger partial charge in [-0.1, -0.05) is 23.7 Å². The van der Waals surface area contributed by atoms with Crippen LogP contribution in [0.4, 0.5) is 0 Å². The summed E-state index contributed by atoms with van der Waals surface area (Å²) in [4.78, 5) is 30.7. The number of hydrogen-bond donors (Lipinski definition) is 0. The maximum Gasteiger partial charge on any atom is 0.273 e. The standard InChI is InChI=1S/C24H23ClN6OS/c25-18-5-3-17(4-6-18)23-21(31-12-19(16-1-2-16)26-11-22(31)28-23)13-29-7-9-30(10-8-29)24(32)20-14-33-15-27-20/h3-6,11-12,14-16H,1-2,7-10,13H2. The van der Waals surface area contributed by atoms with E-state index in [2.05, 4.69) is 25.5 Å². The summed E-state index contributed by atoms with van der Waals surface area (Å²) in [5.74, 6) is 0.594. The molecule has 0 atom stereocenters. The Kier molecular flexibility index (Phi) is 5.36. The molecule has 1 aliphatic heterocycles. The van der Waals surface area contributed by atoms with E-state index >= 15 is 0 Å². The highest BCUT2D eigenvalue weighted by Crippen LogP contribution is 2.39. The van der Waals surface area contributed by atoms with Gasteiger partial charge in [0.1, 0.15) is 5.69 Å². The van der Waals surface area contributed by atoms with Crippen molar-refractivity contribution in [3.8, 4) is 11.3 Å². The number of rotatable bonds is 5. The molecule has 4 aromatic rings. The molecule has 9 heteroatoms. The van der Waals surface area contributed by atoms with Crippen LogP contribution in [0.2, 0.25) is 5.02 Å². The van der Waals surface area contributed by atoms with E-state index < -0.39 is 0 Å². The van der Waals surface area contributed by atoms with Crippen LogP contribution in [0.25, 0.3) is 16.9 Å². The van der Waals surface area contributed by atoms with Gasteiger partial charge in [0, 0.05) is 60.8 Å². The minimum Gasteiger partial charge on any atom is -0.335 e. The number of hydrogen-bond acceptors (Lipinski definition) is 6. The zero-order chi connectivity index (χ0) is 22.4. The number of benzene rings is 1. The third kappa shape index (κ3) is 4.14. The van der Waals surface area contributed by atoms with Crippen molar-refractivity contribution in [3.63, 3.8) is 0 Å². The Morgan fingerprint density at radius 3 is 2.58 bits per heavy atom. The van der Waals surface area contributed by atoms with E-state index in [4.69, 9.17) is 16.6 Å². The number of carbonyl (C=O) groups is 1. The first kappa shape index (κ1) is 20.8. The minimum atomic E-state index is 0.0210. The lowest BCUT2D eigenvalue weighted by molar-refractivity contribution is 0.0622. The van der Waals surface area contributed by atoms with Gasteiger partial charge in [-0.05, 0) is 25.0 Å². The molecule has 2 fully saturated rings. The van der Waals surface area contributed by atoms with Gasteiger partial charge < -0.3 is 4.90 Å². The van der Waals surface area contributed by atoms with Crippen molar-refractivity contribution in [1.82, 2.24) is 29.2 Å². The molecule has 4 heterocycles. The number of amides is 1. The van der Waals surface area contributed by atoms with Crippen molar-refractivity contribution in [2.75, 3.05) is 26.2 Å². The van der Waals surface area contributed by atoms with E-state index in [1.807, 2.05) is 40.7 Å². The van der Waals surface area contributed by atoms with Crippen molar-refractivity contribution in [1.29, 1.82) is 0 Å². The number of nitrogens with zero attached hydrogens (tertiary/aromatic N) is 6. The summed E-state index contributed by atoms with van der Waals surface area (Å²) in [5.41, 5.74) is 7.40. The summed E-state index contributed by atoms with van der Waals surface area (Å²) in [7, 11) is 0. The number of carbonyl (C=O) groups excluding carboxylic acids is 1. The van der Waals surface area contributed by atoms with Crippen LogP contribution in [0.15, 0.2) is 47.5 Å². The molecule has 0 radical (unpaired) electrons. The molecule has 0 N–H and O–H groups in total.